The van der Waals surface area contributed by atoms with Gasteiger partial charge in [0.15, 0.2) is 6.10 Å². The number of carbonyl (C=O) groups excluding carboxylic acids is 3. The normalized spacial score (nSPS) is 14.0. The van der Waals surface area contributed by atoms with Gasteiger partial charge in [-0.2, -0.15) is 0 Å². The van der Waals surface area contributed by atoms with Crippen LogP contribution in [0.1, 0.15) is 252 Å². The lowest BCUT2D eigenvalue weighted by Crippen LogP contribution is -2.30. The summed E-state index contributed by atoms with van der Waals surface area (Å²) in [6.07, 6.45) is 64.0. The Morgan fingerprint density at radius 1 is 0.392 bits per heavy atom. The molecule has 0 aromatic rings. The zero-order chi connectivity index (χ0) is 54.1. The number of aliphatic hydroxyl groups is 1. The van der Waals surface area contributed by atoms with Crippen molar-refractivity contribution < 1.29 is 52.2 Å². The van der Waals surface area contributed by atoms with Crippen LogP contribution in [0, 0.1) is 0 Å². The van der Waals surface area contributed by atoms with E-state index in [0.717, 1.165) is 109 Å². The van der Waals surface area contributed by atoms with Gasteiger partial charge in [-0.15, -0.1) is 0 Å². The molecule has 0 radical (unpaired) electrons. The van der Waals surface area contributed by atoms with Crippen molar-refractivity contribution in [3.05, 3.63) is 85.1 Å². The lowest BCUT2D eigenvalue weighted by Gasteiger charge is -2.21. The average Bonchev–Trinajstić information content (AvgIpc) is 3.39. The maximum Gasteiger partial charge on any atom is 0.472 e. The quantitative estimate of drug-likeness (QED) is 0.0197. The van der Waals surface area contributed by atoms with Crippen molar-refractivity contribution >= 4 is 25.7 Å². The summed E-state index contributed by atoms with van der Waals surface area (Å²) in [6.45, 7) is 4.44. The van der Waals surface area contributed by atoms with Crippen molar-refractivity contribution in [3.63, 3.8) is 0 Å². The monoisotopic (exact) mass is 1060 g/mol. The predicted molar refractivity (Wildman–Crippen MR) is 307 cm³/mol. The van der Waals surface area contributed by atoms with E-state index in [2.05, 4.69) is 106 Å². The standard InChI is InChI=1S/C62H107O11P/c1-4-7-10-13-16-19-22-25-28-29-32-33-36-39-42-45-48-51-60(64)69-55-59(73-62(66)53-50-47-44-41-38-35-31-27-24-21-18-15-12-9-6-3)57-71-74(67,68)70-56-58(54-63)72-61(65)52-49-46-43-40-37-34-30-26-23-20-17-14-11-8-5-2/h9,12,17-18,20-21,25-28,30-31,38,41,58-59,63H,4-8,10-11,13-16,19,22-24,29,32-37,39-40,42-57H2,1-3H3,(H,67,68)/b12-9-,20-17-,21-18-,28-25-,30-26-,31-27-,41-38-. The predicted octanol–water partition coefficient (Wildman–Crippen LogP) is 17.5. The van der Waals surface area contributed by atoms with Crippen LogP contribution in [-0.4, -0.2) is 66.5 Å². The van der Waals surface area contributed by atoms with Crippen LogP contribution >= 0.6 is 7.82 Å². The van der Waals surface area contributed by atoms with E-state index < -0.39 is 57.8 Å². The molecule has 3 unspecified atom stereocenters. The second kappa shape index (κ2) is 55.9. The smallest absolute Gasteiger partial charge is 0.462 e. The van der Waals surface area contributed by atoms with Crippen LogP contribution < -0.4 is 0 Å². The molecule has 74 heavy (non-hydrogen) atoms. The number of rotatable bonds is 54. The van der Waals surface area contributed by atoms with Gasteiger partial charge in [-0.3, -0.25) is 23.4 Å². The number of phosphoric acid groups is 1. The summed E-state index contributed by atoms with van der Waals surface area (Å²) in [5.74, 6) is -1.53. The first kappa shape index (κ1) is 70.7. The molecule has 0 saturated heterocycles. The van der Waals surface area contributed by atoms with Gasteiger partial charge in [0.1, 0.15) is 12.7 Å². The maximum atomic E-state index is 12.9. The fourth-order valence-corrected chi connectivity index (χ4v) is 8.57. The van der Waals surface area contributed by atoms with E-state index in [1.165, 1.54) is 83.5 Å². The zero-order valence-corrected chi connectivity index (χ0v) is 47.9. The number of phosphoric ester groups is 1. The number of hydrogen-bond donors (Lipinski definition) is 2. The minimum absolute atomic E-state index is 0.111. The van der Waals surface area contributed by atoms with E-state index in [1.807, 2.05) is 0 Å². The van der Waals surface area contributed by atoms with Crippen LogP contribution in [0.15, 0.2) is 85.1 Å². The Bertz CT molecular complexity index is 1560. The summed E-state index contributed by atoms with van der Waals surface area (Å²) in [5.41, 5.74) is 0. The molecular weight excluding hydrogens is 952 g/mol. The fraction of sp³-hybridized carbons (Fsp3) is 0.726. The molecule has 0 fully saturated rings. The Morgan fingerprint density at radius 3 is 1.15 bits per heavy atom. The van der Waals surface area contributed by atoms with Gasteiger partial charge >= 0.3 is 25.7 Å². The molecule has 426 valence electrons. The van der Waals surface area contributed by atoms with Gasteiger partial charge in [-0.1, -0.05) is 202 Å². The van der Waals surface area contributed by atoms with Crippen molar-refractivity contribution in [2.24, 2.45) is 0 Å². The molecule has 0 aliphatic rings. The topological polar surface area (TPSA) is 155 Å². The van der Waals surface area contributed by atoms with Crippen molar-refractivity contribution in [1.82, 2.24) is 0 Å². The summed E-state index contributed by atoms with van der Waals surface area (Å²) >= 11 is 0. The second-order valence-electron chi connectivity index (χ2n) is 19.4. The average molecular weight is 1060 g/mol. The number of hydrogen-bond acceptors (Lipinski definition) is 10. The molecule has 0 amide bonds. The van der Waals surface area contributed by atoms with E-state index in [-0.39, 0.29) is 25.9 Å². The van der Waals surface area contributed by atoms with Crippen molar-refractivity contribution in [1.29, 1.82) is 0 Å². The number of carbonyl (C=O) groups is 3. The van der Waals surface area contributed by atoms with Crippen LogP contribution in [-0.2, 0) is 42.2 Å². The van der Waals surface area contributed by atoms with E-state index in [9.17, 15) is 28.9 Å². The molecule has 0 aliphatic heterocycles. The minimum Gasteiger partial charge on any atom is -0.462 e. The molecule has 0 bridgehead atoms. The largest absolute Gasteiger partial charge is 0.472 e. The highest BCUT2D eigenvalue weighted by Crippen LogP contribution is 2.43. The summed E-state index contributed by atoms with van der Waals surface area (Å²) in [4.78, 5) is 48.6. The summed E-state index contributed by atoms with van der Waals surface area (Å²) in [6, 6.07) is 0. The molecule has 11 nitrogen and oxygen atoms in total. The third-order valence-electron chi connectivity index (χ3n) is 12.3. The molecule has 0 aromatic heterocycles. The third kappa shape index (κ3) is 53.5. The van der Waals surface area contributed by atoms with Crippen molar-refractivity contribution in [3.8, 4) is 0 Å². The Hall–Kier alpha value is -3.34. The first-order valence-electron chi connectivity index (χ1n) is 29.5. The molecule has 0 spiro atoms. The molecule has 0 aromatic carbocycles. The first-order chi connectivity index (χ1) is 36.2. The van der Waals surface area contributed by atoms with E-state index in [1.54, 1.807) is 0 Å². The fourth-order valence-electron chi connectivity index (χ4n) is 7.78. The van der Waals surface area contributed by atoms with Gasteiger partial charge in [0.05, 0.1) is 19.8 Å². The Kier molecular flexibility index (Phi) is 53.4. The summed E-state index contributed by atoms with van der Waals surface area (Å²) < 4.78 is 39.5. The van der Waals surface area contributed by atoms with E-state index in [4.69, 9.17) is 23.3 Å². The number of ether oxygens (including phenoxy) is 3. The van der Waals surface area contributed by atoms with Crippen LogP contribution in [0.4, 0.5) is 0 Å². The second-order valence-corrected chi connectivity index (χ2v) is 20.9. The third-order valence-corrected chi connectivity index (χ3v) is 13.2. The van der Waals surface area contributed by atoms with Crippen LogP contribution in [0.25, 0.3) is 0 Å². The van der Waals surface area contributed by atoms with Crippen LogP contribution in [0.5, 0.6) is 0 Å². The van der Waals surface area contributed by atoms with E-state index in [0.29, 0.717) is 19.3 Å². The maximum absolute atomic E-state index is 12.9. The first-order valence-corrected chi connectivity index (χ1v) is 31.0. The highest BCUT2D eigenvalue weighted by Gasteiger charge is 2.28. The minimum atomic E-state index is -4.77. The number of aliphatic hydroxyl groups excluding tert-OH is 1. The molecular formula is C62H107O11P. The number of allylic oxidation sites excluding steroid dienone is 14. The lowest BCUT2D eigenvalue weighted by atomic mass is 10.1. The summed E-state index contributed by atoms with van der Waals surface area (Å²) in [7, 11) is -4.77. The number of unbranched alkanes of at least 4 members (excludes halogenated alkanes) is 23. The lowest BCUT2D eigenvalue weighted by molar-refractivity contribution is -0.161. The van der Waals surface area contributed by atoms with E-state index >= 15 is 0 Å². The molecule has 0 saturated carbocycles. The SMILES string of the molecule is CC/C=C\C/C=C\C/C=C\C/C=C\CCCCC(=O)OC(COC(=O)CCCCCCCCC/C=C\CCCCCCCC)COP(=O)(O)OCC(CO)OC(=O)CCCCCCC/C=C\C/C=C\CCCCC. The van der Waals surface area contributed by atoms with Gasteiger partial charge in [0.25, 0.3) is 0 Å². The summed E-state index contributed by atoms with van der Waals surface area (Å²) in [5, 5.41) is 9.82. The number of esters is 3. The molecule has 12 heteroatoms. The van der Waals surface area contributed by atoms with Gasteiger partial charge in [-0.25, -0.2) is 4.57 Å². The zero-order valence-electron chi connectivity index (χ0n) is 47.0. The van der Waals surface area contributed by atoms with Gasteiger partial charge in [0.2, 0.25) is 0 Å². The van der Waals surface area contributed by atoms with Gasteiger partial charge < -0.3 is 24.2 Å². The Balaban J connectivity index is 4.78. The van der Waals surface area contributed by atoms with Gasteiger partial charge in [-0.05, 0) is 116 Å². The van der Waals surface area contributed by atoms with Crippen LogP contribution in [0.2, 0.25) is 0 Å². The molecule has 3 atom stereocenters. The highest BCUT2D eigenvalue weighted by atomic mass is 31.2. The molecule has 0 heterocycles. The van der Waals surface area contributed by atoms with Gasteiger partial charge in [0, 0.05) is 19.3 Å². The molecule has 0 rings (SSSR count). The molecule has 2 N–H and O–H groups in total. The Morgan fingerprint density at radius 2 is 0.703 bits per heavy atom. The highest BCUT2D eigenvalue weighted by molar-refractivity contribution is 7.47. The molecule has 0 aliphatic carbocycles. The van der Waals surface area contributed by atoms with Crippen LogP contribution in [0.3, 0.4) is 0 Å². The van der Waals surface area contributed by atoms with Crippen molar-refractivity contribution in [2.45, 2.75) is 264 Å². The van der Waals surface area contributed by atoms with Crippen molar-refractivity contribution in [2.75, 3.05) is 26.4 Å². The Labute approximate surface area is 451 Å².